The summed E-state index contributed by atoms with van der Waals surface area (Å²) >= 11 is 0. The average Bonchev–Trinajstić information content (AvgIpc) is 3.23. The SMILES string of the molecule is COc1cccc(C(=O)Nc2ccc(S(=O)(=O)N3CCCC3)cc2)c1OC. The number of rotatable bonds is 6. The molecule has 27 heavy (non-hydrogen) atoms. The standard InChI is InChI=1S/C19H22N2O5S/c1-25-17-7-5-6-16(18(17)26-2)19(22)20-14-8-10-15(11-9-14)27(23,24)21-12-3-4-13-21/h5-11H,3-4,12-13H2,1-2H3,(H,20,22). The topological polar surface area (TPSA) is 84.9 Å². The third-order valence-corrected chi connectivity index (χ3v) is 6.38. The van der Waals surface area contributed by atoms with Crippen LogP contribution in [0.5, 0.6) is 11.5 Å². The van der Waals surface area contributed by atoms with Gasteiger partial charge in [0.15, 0.2) is 11.5 Å². The quantitative estimate of drug-likeness (QED) is 0.820. The Labute approximate surface area is 158 Å². The monoisotopic (exact) mass is 390 g/mol. The van der Waals surface area contributed by atoms with Gasteiger partial charge in [0, 0.05) is 18.8 Å². The van der Waals surface area contributed by atoms with Crippen LogP contribution in [-0.4, -0.2) is 45.9 Å². The van der Waals surface area contributed by atoms with Crippen LogP contribution in [0.3, 0.4) is 0 Å². The van der Waals surface area contributed by atoms with Crippen LogP contribution in [0.15, 0.2) is 47.4 Å². The number of benzene rings is 2. The summed E-state index contributed by atoms with van der Waals surface area (Å²) < 4.78 is 37.1. The molecule has 3 rings (SSSR count). The number of carbonyl (C=O) groups excluding carboxylic acids is 1. The second-order valence-electron chi connectivity index (χ2n) is 6.13. The molecule has 1 aliphatic rings. The number of methoxy groups -OCH3 is 2. The average molecular weight is 390 g/mol. The number of ether oxygens (including phenoxy) is 2. The Morgan fingerprint density at radius 2 is 1.67 bits per heavy atom. The molecule has 0 aliphatic carbocycles. The predicted octanol–water partition coefficient (Wildman–Crippen LogP) is 2.74. The minimum absolute atomic E-state index is 0.223. The Bertz CT molecular complexity index is 920. The molecular formula is C19H22N2O5S. The van der Waals surface area contributed by atoms with Gasteiger partial charge in [0.2, 0.25) is 10.0 Å². The van der Waals surface area contributed by atoms with Gasteiger partial charge in [-0.2, -0.15) is 4.31 Å². The van der Waals surface area contributed by atoms with E-state index in [9.17, 15) is 13.2 Å². The predicted molar refractivity (Wildman–Crippen MR) is 102 cm³/mol. The van der Waals surface area contributed by atoms with Gasteiger partial charge < -0.3 is 14.8 Å². The van der Waals surface area contributed by atoms with Crippen LogP contribution in [0.2, 0.25) is 0 Å². The van der Waals surface area contributed by atoms with Crippen molar-refractivity contribution in [1.29, 1.82) is 0 Å². The van der Waals surface area contributed by atoms with E-state index >= 15 is 0 Å². The molecule has 0 bridgehead atoms. The van der Waals surface area contributed by atoms with Crippen LogP contribution in [-0.2, 0) is 10.0 Å². The van der Waals surface area contributed by atoms with Gasteiger partial charge in [0.25, 0.3) is 5.91 Å². The van der Waals surface area contributed by atoms with Crippen molar-refractivity contribution < 1.29 is 22.7 Å². The second kappa shape index (κ2) is 7.98. The van der Waals surface area contributed by atoms with Crippen molar-refractivity contribution >= 4 is 21.6 Å². The number of nitrogens with zero attached hydrogens (tertiary/aromatic N) is 1. The highest BCUT2D eigenvalue weighted by molar-refractivity contribution is 7.89. The van der Waals surface area contributed by atoms with Crippen molar-refractivity contribution in [3.8, 4) is 11.5 Å². The van der Waals surface area contributed by atoms with Crippen LogP contribution in [0.4, 0.5) is 5.69 Å². The molecule has 0 saturated carbocycles. The first kappa shape index (κ1) is 19.2. The maximum atomic E-state index is 12.6. The molecule has 8 heteroatoms. The second-order valence-corrected chi connectivity index (χ2v) is 8.07. The molecule has 0 aromatic heterocycles. The number of hydrogen-bond donors (Lipinski definition) is 1. The molecule has 1 heterocycles. The maximum Gasteiger partial charge on any atom is 0.259 e. The highest BCUT2D eigenvalue weighted by Gasteiger charge is 2.27. The van der Waals surface area contributed by atoms with E-state index in [1.54, 1.807) is 30.3 Å². The first-order chi connectivity index (χ1) is 13.0. The summed E-state index contributed by atoms with van der Waals surface area (Å²) in [5.41, 5.74) is 0.816. The van der Waals surface area contributed by atoms with Gasteiger partial charge in [0.05, 0.1) is 24.7 Å². The molecule has 0 radical (unpaired) electrons. The van der Waals surface area contributed by atoms with Gasteiger partial charge in [-0.25, -0.2) is 8.42 Å². The largest absolute Gasteiger partial charge is 0.493 e. The highest BCUT2D eigenvalue weighted by atomic mass is 32.2. The number of amides is 1. The Kier molecular flexibility index (Phi) is 5.67. The van der Waals surface area contributed by atoms with E-state index in [4.69, 9.17) is 9.47 Å². The zero-order chi connectivity index (χ0) is 19.4. The van der Waals surface area contributed by atoms with Crippen LogP contribution in [0.25, 0.3) is 0 Å². The molecule has 0 unspecified atom stereocenters. The summed E-state index contributed by atoms with van der Waals surface area (Å²) in [6.45, 7) is 1.10. The zero-order valence-corrected chi connectivity index (χ0v) is 16.1. The molecule has 1 aliphatic heterocycles. The van der Waals surface area contributed by atoms with Gasteiger partial charge in [-0.3, -0.25) is 4.79 Å². The third-order valence-electron chi connectivity index (χ3n) is 4.46. The number of hydrogen-bond acceptors (Lipinski definition) is 5. The van der Waals surface area contributed by atoms with Crippen LogP contribution in [0.1, 0.15) is 23.2 Å². The van der Waals surface area contributed by atoms with Crippen LogP contribution in [0, 0.1) is 0 Å². The van der Waals surface area contributed by atoms with Crippen LogP contribution < -0.4 is 14.8 Å². The molecule has 0 atom stereocenters. The highest BCUT2D eigenvalue weighted by Crippen LogP contribution is 2.31. The summed E-state index contributed by atoms with van der Waals surface area (Å²) in [4.78, 5) is 12.8. The van der Waals surface area contributed by atoms with E-state index < -0.39 is 10.0 Å². The number of sulfonamides is 1. The lowest BCUT2D eigenvalue weighted by atomic mass is 10.1. The zero-order valence-electron chi connectivity index (χ0n) is 15.3. The Hall–Kier alpha value is -2.58. The fourth-order valence-electron chi connectivity index (χ4n) is 3.05. The van der Waals surface area contributed by atoms with E-state index in [1.807, 2.05) is 0 Å². The molecule has 1 saturated heterocycles. The van der Waals surface area contributed by atoms with E-state index in [2.05, 4.69) is 5.32 Å². The molecule has 1 N–H and O–H groups in total. The van der Waals surface area contributed by atoms with Crippen LogP contribution >= 0.6 is 0 Å². The molecule has 1 amide bonds. The molecule has 1 fully saturated rings. The summed E-state index contributed by atoms with van der Waals surface area (Å²) in [7, 11) is -0.508. The fourth-order valence-corrected chi connectivity index (χ4v) is 4.57. The summed E-state index contributed by atoms with van der Waals surface area (Å²) in [5.74, 6) is 0.420. The minimum atomic E-state index is -3.47. The Morgan fingerprint density at radius 1 is 1.00 bits per heavy atom. The van der Waals surface area contributed by atoms with Crippen molar-refractivity contribution in [2.24, 2.45) is 0 Å². The van der Waals surface area contributed by atoms with Gasteiger partial charge in [-0.1, -0.05) is 6.07 Å². The molecule has 7 nitrogen and oxygen atoms in total. The molecule has 2 aromatic rings. The normalized spacial score (nSPS) is 14.7. The summed E-state index contributed by atoms with van der Waals surface area (Å²) in [6.07, 6.45) is 1.77. The molecular weight excluding hydrogens is 368 g/mol. The molecule has 144 valence electrons. The molecule has 2 aromatic carbocycles. The lowest BCUT2D eigenvalue weighted by Gasteiger charge is -2.16. The Balaban J connectivity index is 1.78. The number of para-hydroxylation sites is 1. The van der Waals surface area contributed by atoms with E-state index in [0.717, 1.165) is 12.8 Å². The van der Waals surface area contributed by atoms with Gasteiger partial charge >= 0.3 is 0 Å². The van der Waals surface area contributed by atoms with Gasteiger partial charge in [-0.15, -0.1) is 0 Å². The number of carbonyl (C=O) groups is 1. The van der Waals surface area contributed by atoms with Gasteiger partial charge in [0.1, 0.15) is 0 Å². The first-order valence-electron chi connectivity index (χ1n) is 8.60. The van der Waals surface area contributed by atoms with Gasteiger partial charge in [-0.05, 0) is 49.2 Å². The van der Waals surface area contributed by atoms with E-state index in [0.29, 0.717) is 35.8 Å². The Morgan fingerprint density at radius 3 is 2.26 bits per heavy atom. The van der Waals surface area contributed by atoms with Crippen molar-refractivity contribution in [3.05, 3.63) is 48.0 Å². The fraction of sp³-hybridized carbons (Fsp3) is 0.316. The minimum Gasteiger partial charge on any atom is -0.493 e. The number of nitrogens with one attached hydrogen (secondary N) is 1. The van der Waals surface area contributed by atoms with Crippen molar-refractivity contribution in [2.75, 3.05) is 32.6 Å². The molecule has 0 spiro atoms. The summed E-state index contributed by atoms with van der Waals surface area (Å²) in [6, 6.07) is 11.2. The lowest BCUT2D eigenvalue weighted by molar-refractivity contribution is 0.102. The maximum absolute atomic E-state index is 12.6. The van der Waals surface area contributed by atoms with Crippen molar-refractivity contribution in [1.82, 2.24) is 4.31 Å². The number of anilines is 1. The van der Waals surface area contributed by atoms with E-state index in [1.165, 1.54) is 30.7 Å². The van der Waals surface area contributed by atoms with Crippen molar-refractivity contribution in [3.63, 3.8) is 0 Å². The smallest absolute Gasteiger partial charge is 0.259 e. The van der Waals surface area contributed by atoms with Crippen molar-refractivity contribution in [2.45, 2.75) is 17.7 Å². The first-order valence-corrected chi connectivity index (χ1v) is 10.0. The van der Waals surface area contributed by atoms with E-state index in [-0.39, 0.29) is 10.8 Å². The summed E-state index contributed by atoms with van der Waals surface area (Å²) in [5, 5.41) is 2.75. The lowest BCUT2D eigenvalue weighted by Crippen LogP contribution is -2.27. The third kappa shape index (κ3) is 3.91.